The average molecular weight is 407 g/mol. The zero-order valence-corrected chi connectivity index (χ0v) is 18.3. The minimum atomic E-state index is -3.81. The summed E-state index contributed by atoms with van der Waals surface area (Å²) < 4.78 is 33.9. The van der Waals surface area contributed by atoms with Crippen LogP contribution in [0.25, 0.3) is 0 Å². The van der Waals surface area contributed by atoms with Gasteiger partial charge in [-0.25, -0.2) is 8.42 Å². The molecule has 1 amide bonds. The molecule has 0 spiro atoms. The Bertz CT molecular complexity index is 942. The molecule has 0 aliphatic rings. The molecule has 1 N–H and O–H groups in total. The summed E-state index contributed by atoms with van der Waals surface area (Å²) in [7, 11) is -2.28. The number of nitrogens with one attached hydrogen (secondary N) is 1. The molecule has 0 fully saturated rings. The van der Waals surface area contributed by atoms with Crippen molar-refractivity contribution in [3.05, 3.63) is 35.5 Å². The van der Waals surface area contributed by atoms with Crippen LogP contribution in [0.4, 0.5) is 5.82 Å². The molecule has 1 heterocycles. The van der Waals surface area contributed by atoms with Gasteiger partial charge in [0.2, 0.25) is 15.7 Å². The van der Waals surface area contributed by atoms with Gasteiger partial charge in [0, 0.05) is 18.7 Å². The largest absolute Gasteiger partial charge is 0.497 e. The van der Waals surface area contributed by atoms with Gasteiger partial charge in [-0.1, -0.05) is 20.8 Å². The molecule has 2 rings (SSSR count). The van der Waals surface area contributed by atoms with Crippen LogP contribution in [0.3, 0.4) is 0 Å². The standard InChI is InChI=1S/C21H30N2O4S/c1-7-12-23-16(5)15(4)20(21(23)22-19(24)13-14(2)3)28(25,26)18-10-8-17(27-6)9-11-18/h8-11,14H,7,12-13H2,1-6H3,(H,22,24). The second-order valence-corrected chi connectivity index (χ2v) is 9.25. The normalized spacial score (nSPS) is 11.7. The lowest BCUT2D eigenvalue weighted by molar-refractivity contribution is -0.116. The van der Waals surface area contributed by atoms with Crippen molar-refractivity contribution < 1.29 is 17.9 Å². The second kappa shape index (κ2) is 8.82. The van der Waals surface area contributed by atoms with E-state index in [0.717, 1.165) is 12.1 Å². The Balaban J connectivity index is 2.63. The molecule has 2 aromatic rings. The number of hydrogen-bond acceptors (Lipinski definition) is 4. The van der Waals surface area contributed by atoms with Crippen LogP contribution < -0.4 is 10.1 Å². The predicted octanol–water partition coefficient (Wildman–Crippen LogP) is 4.34. The van der Waals surface area contributed by atoms with E-state index in [-0.39, 0.29) is 21.6 Å². The van der Waals surface area contributed by atoms with Crippen molar-refractivity contribution in [2.45, 2.75) is 63.8 Å². The molecular formula is C21H30N2O4S. The number of rotatable bonds is 8. The summed E-state index contributed by atoms with van der Waals surface area (Å²) >= 11 is 0. The highest BCUT2D eigenvalue weighted by Gasteiger charge is 2.30. The van der Waals surface area contributed by atoms with E-state index in [1.807, 2.05) is 32.3 Å². The summed E-state index contributed by atoms with van der Waals surface area (Å²) in [6, 6.07) is 6.30. The Hall–Kier alpha value is -2.28. The SMILES string of the molecule is CCCn1c(C)c(C)c(S(=O)(=O)c2ccc(OC)cc2)c1NC(=O)CC(C)C. The first kappa shape index (κ1) is 22.0. The summed E-state index contributed by atoms with van der Waals surface area (Å²) in [5, 5.41) is 2.88. The molecule has 0 radical (unpaired) electrons. The van der Waals surface area contributed by atoms with Crippen molar-refractivity contribution in [3.8, 4) is 5.75 Å². The van der Waals surface area contributed by atoms with Crippen LogP contribution in [-0.4, -0.2) is 26.0 Å². The third-order valence-electron chi connectivity index (χ3n) is 4.71. The van der Waals surface area contributed by atoms with Crippen LogP contribution in [0.15, 0.2) is 34.1 Å². The van der Waals surface area contributed by atoms with E-state index in [0.29, 0.717) is 30.1 Å². The van der Waals surface area contributed by atoms with Crippen molar-refractivity contribution in [2.75, 3.05) is 12.4 Å². The van der Waals surface area contributed by atoms with Gasteiger partial charge in [0.1, 0.15) is 16.5 Å². The number of methoxy groups -OCH3 is 1. The number of benzene rings is 1. The zero-order valence-electron chi connectivity index (χ0n) is 17.5. The van der Waals surface area contributed by atoms with Crippen LogP contribution in [-0.2, 0) is 21.2 Å². The minimum absolute atomic E-state index is 0.167. The van der Waals surface area contributed by atoms with Gasteiger partial charge in [0.15, 0.2) is 0 Å². The van der Waals surface area contributed by atoms with Crippen LogP contribution >= 0.6 is 0 Å². The van der Waals surface area contributed by atoms with Gasteiger partial charge < -0.3 is 14.6 Å². The summed E-state index contributed by atoms with van der Waals surface area (Å²) in [4.78, 5) is 12.8. The lowest BCUT2D eigenvalue weighted by Gasteiger charge is -2.14. The molecule has 1 aromatic heterocycles. The molecule has 0 unspecified atom stereocenters. The molecular weight excluding hydrogens is 376 g/mol. The molecule has 0 saturated carbocycles. The van der Waals surface area contributed by atoms with Crippen molar-refractivity contribution in [3.63, 3.8) is 0 Å². The van der Waals surface area contributed by atoms with Gasteiger partial charge in [-0.05, 0) is 56.0 Å². The summed E-state index contributed by atoms with van der Waals surface area (Å²) in [6.45, 7) is 10.2. The first-order valence-corrected chi connectivity index (χ1v) is 11.0. The van der Waals surface area contributed by atoms with Crippen LogP contribution in [0.2, 0.25) is 0 Å². The fourth-order valence-electron chi connectivity index (χ4n) is 3.22. The number of aromatic nitrogens is 1. The molecule has 7 heteroatoms. The smallest absolute Gasteiger partial charge is 0.225 e. The van der Waals surface area contributed by atoms with Gasteiger partial charge in [0.25, 0.3) is 0 Å². The van der Waals surface area contributed by atoms with Crippen molar-refractivity contribution in [2.24, 2.45) is 5.92 Å². The molecule has 28 heavy (non-hydrogen) atoms. The number of carbonyl (C=O) groups excluding carboxylic acids is 1. The van der Waals surface area contributed by atoms with Crippen molar-refractivity contribution >= 4 is 21.6 Å². The topological polar surface area (TPSA) is 77.4 Å². The molecule has 0 saturated heterocycles. The fourth-order valence-corrected chi connectivity index (χ4v) is 4.91. The molecule has 0 aliphatic carbocycles. The highest BCUT2D eigenvalue weighted by molar-refractivity contribution is 7.91. The minimum Gasteiger partial charge on any atom is -0.497 e. The molecule has 0 bridgehead atoms. The highest BCUT2D eigenvalue weighted by Crippen LogP contribution is 2.36. The highest BCUT2D eigenvalue weighted by atomic mass is 32.2. The number of hydrogen-bond donors (Lipinski definition) is 1. The maximum atomic E-state index is 13.4. The maximum absolute atomic E-state index is 13.4. The number of nitrogens with zero attached hydrogens (tertiary/aromatic N) is 1. The van der Waals surface area contributed by atoms with E-state index in [1.54, 1.807) is 19.1 Å². The van der Waals surface area contributed by atoms with Gasteiger partial charge >= 0.3 is 0 Å². The van der Waals surface area contributed by atoms with Crippen LogP contribution in [0, 0.1) is 19.8 Å². The molecule has 0 atom stereocenters. The van der Waals surface area contributed by atoms with Crippen molar-refractivity contribution in [1.29, 1.82) is 0 Å². The molecule has 154 valence electrons. The third-order valence-corrected chi connectivity index (χ3v) is 6.64. The van der Waals surface area contributed by atoms with E-state index in [1.165, 1.54) is 19.2 Å². The fraction of sp³-hybridized carbons (Fsp3) is 0.476. The van der Waals surface area contributed by atoms with E-state index in [9.17, 15) is 13.2 Å². The third kappa shape index (κ3) is 4.41. The number of sulfone groups is 1. The number of anilines is 1. The second-order valence-electron chi connectivity index (χ2n) is 7.36. The van der Waals surface area contributed by atoms with Crippen LogP contribution in [0.1, 0.15) is 44.9 Å². The van der Waals surface area contributed by atoms with Crippen molar-refractivity contribution in [1.82, 2.24) is 4.57 Å². The van der Waals surface area contributed by atoms with E-state index in [4.69, 9.17) is 4.74 Å². The lowest BCUT2D eigenvalue weighted by Crippen LogP contribution is -2.19. The van der Waals surface area contributed by atoms with E-state index >= 15 is 0 Å². The first-order valence-electron chi connectivity index (χ1n) is 9.52. The van der Waals surface area contributed by atoms with E-state index < -0.39 is 9.84 Å². The first-order chi connectivity index (χ1) is 13.1. The zero-order chi connectivity index (χ0) is 21.1. The quantitative estimate of drug-likeness (QED) is 0.707. The Kier molecular flexibility index (Phi) is 6.93. The molecule has 6 nitrogen and oxygen atoms in total. The van der Waals surface area contributed by atoms with Gasteiger partial charge in [0.05, 0.1) is 12.0 Å². The number of carbonyl (C=O) groups is 1. The van der Waals surface area contributed by atoms with Gasteiger partial charge in [-0.3, -0.25) is 4.79 Å². The number of amides is 1. The summed E-state index contributed by atoms with van der Waals surface area (Å²) in [5.41, 5.74) is 1.50. The van der Waals surface area contributed by atoms with Gasteiger partial charge in [-0.15, -0.1) is 0 Å². The maximum Gasteiger partial charge on any atom is 0.225 e. The summed E-state index contributed by atoms with van der Waals surface area (Å²) in [6.07, 6.45) is 1.15. The average Bonchev–Trinajstić information content (AvgIpc) is 2.86. The van der Waals surface area contributed by atoms with Crippen LogP contribution in [0.5, 0.6) is 5.75 Å². The summed E-state index contributed by atoms with van der Waals surface area (Å²) in [5.74, 6) is 0.939. The number of ether oxygens (including phenoxy) is 1. The monoisotopic (exact) mass is 406 g/mol. The Labute approximate surface area is 167 Å². The lowest BCUT2D eigenvalue weighted by atomic mass is 10.1. The van der Waals surface area contributed by atoms with Gasteiger partial charge in [-0.2, -0.15) is 0 Å². The Morgan fingerprint density at radius 1 is 1.18 bits per heavy atom. The molecule has 1 aromatic carbocycles. The molecule has 0 aliphatic heterocycles. The Morgan fingerprint density at radius 2 is 1.79 bits per heavy atom. The Morgan fingerprint density at radius 3 is 2.29 bits per heavy atom. The predicted molar refractivity (Wildman–Crippen MR) is 111 cm³/mol. The van der Waals surface area contributed by atoms with E-state index in [2.05, 4.69) is 5.32 Å².